The van der Waals surface area contributed by atoms with Crippen LogP contribution in [0.2, 0.25) is 0 Å². The molecule has 2 aromatic heterocycles. The zero-order chi connectivity index (χ0) is 16.1. The number of benzene rings is 1. The van der Waals surface area contributed by atoms with E-state index >= 15 is 0 Å². The van der Waals surface area contributed by atoms with E-state index in [9.17, 15) is 4.79 Å². The SMILES string of the molecule is COc1ccc(Nc2nnc(SCC(=O)c3ccc[nH]3)s2)cc1. The summed E-state index contributed by atoms with van der Waals surface area (Å²) in [6, 6.07) is 11.1. The molecule has 0 saturated carbocycles. The molecule has 0 radical (unpaired) electrons. The summed E-state index contributed by atoms with van der Waals surface area (Å²) in [4.78, 5) is 14.8. The fraction of sp³-hybridized carbons (Fsp3) is 0.133. The van der Waals surface area contributed by atoms with Crippen LogP contribution >= 0.6 is 23.1 Å². The quantitative estimate of drug-likeness (QED) is 0.503. The Morgan fingerprint density at radius 1 is 1.30 bits per heavy atom. The molecule has 8 heteroatoms. The van der Waals surface area contributed by atoms with Crippen LogP contribution in [0.15, 0.2) is 46.9 Å². The number of anilines is 2. The molecule has 0 unspecified atom stereocenters. The maximum atomic E-state index is 11.9. The fourth-order valence-electron chi connectivity index (χ4n) is 1.83. The van der Waals surface area contributed by atoms with E-state index in [1.54, 1.807) is 25.4 Å². The van der Waals surface area contributed by atoms with Crippen LogP contribution < -0.4 is 10.1 Å². The van der Waals surface area contributed by atoms with Gasteiger partial charge in [0.05, 0.1) is 18.6 Å². The predicted octanol–water partition coefficient (Wildman–Crippen LogP) is 3.59. The van der Waals surface area contributed by atoms with Gasteiger partial charge in [-0.25, -0.2) is 0 Å². The summed E-state index contributed by atoms with van der Waals surface area (Å²) < 4.78 is 5.87. The van der Waals surface area contributed by atoms with E-state index in [0.29, 0.717) is 16.6 Å². The summed E-state index contributed by atoms with van der Waals surface area (Å²) in [5.74, 6) is 1.17. The number of methoxy groups -OCH3 is 1. The Bertz CT molecular complexity index is 769. The normalized spacial score (nSPS) is 10.5. The van der Waals surface area contributed by atoms with Gasteiger partial charge < -0.3 is 15.0 Å². The van der Waals surface area contributed by atoms with Crippen molar-refractivity contribution in [1.29, 1.82) is 0 Å². The third-order valence-electron chi connectivity index (χ3n) is 2.97. The first kappa shape index (κ1) is 15.6. The number of hydrogen-bond donors (Lipinski definition) is 2. The molecule has 6 nitrogen and oxygen atoms in total. The summed E-state index contributed by atoms with van der Waals surface area (Å²) in [6.07, 6.45) is 1.74. The zero-order valence-electron chi connectivity index (χ0n) is 12.3. The van der Waals surface area contributed by atoms with E-state index in [4.69, 9.17) is 4.74 Å². The smallest absolute Gasteiger partial charge is 0.210 e. The summed E-state index contributed by atoms with van der Waals surface area (Å²) >= 11 is 2.79. The van der Waals surface area contributed by atoms with Crippen molar-refractivity contribution in [2.75, 3.05) is 18.2 Å². The zero-order valence-corrected chi connectivity index (χ0v) is 13.9. The minimum absolute atomic E-state index is 0.0415. The van der Waals surface area contributed by atoms with E-state index in [-0.39, 0.29) is 5.78 Å². The number of nitrogens with one attached hydrogen (secondary N) is 2. The Hall–Kier alpha value is -2.32. The number of ether oxygens (including phenoxy) is 1. The second-order valence-corrected chi connectivity index (χ2v) is 6.72. The number of carbonyl (C=O) groups is 1. The van der Waals surface area contributed by atoms with Crippen molar-refractivity contribution >= 4 is 39.7 Å². The van der Waals surface area contributed by atoms with Crippen molar-refractivity contribution in [2.24, 2.45) is 0 Å². The van der Waals surface area contributed by atoms with Gasteiger partial charge in [0.15, 0.2) is 10.1 Å². The van der Waals surface area contributed by atoms with Crippen LogP contribution in [0, 0.1) is 0 Å². The lowest BCUT2D eigenvalue weighted by Crippen LogP contribution is -2.02. The van der Waals surface area contributed by atoms with Gasteiger partial charge in [0.1, 0.15) is 5.75 Å². The Morgan fingerprint density at radius 2 is 2.13 bits per heavy atom. The van der Waals surface area contributed by atoms with Gasteiger partial charge in [-0.2, -0.15) is 0 Å². The summed E-state index contributed by atoms with van der Waals surface area (Å²) in [5.41, 5.74) is 1.51. The van der Waals surface area contributed by atoms with Crippen molar-refractivity contribution in [3.8, 4) is 5.75 Å². The van der Waals surface area contributed by atoms with E-state index in [1.165, 1.54) is 23.1 Å². The number of ketones is 1. The fourth-order valence-corrected chi connectivity index (χ4v) is 3.48. The molecule has 1 aromatic carbocycles. The molecule has 0 aliphatic heterocycles. The maximum absolute atomic E-state index is 11.9. The highest BCUT2D eigenvalue weighted by atomic mass is 32.2. The molecule has 2 N–H and O–H groups in total. The third kappa shape index (κ3) is 4.11. The molecular weight excluding hydrogens is 332 g/mol. The van der Waals surface area contributed by atoms with Gasteiger partial charge >= 0.3 is 0 Å². The van der Waals surface area contributed by atoms with Gasteiger partial charge in [0, 0.05) is 11.9 Å². The second kappa shape index (κ2) is 7.30. The number of hydrogen-bond acceptors (Lipinski definition) is 7. The molecule has 0 aliphatic carbocycles. The van der Waals surface area contributed by atoms with Crippen molar-refractivity contribution in [2.45, 2.75) is 4.34 Å². The van der Waals surface area contributed by atoms with Crippen LogP contribution in [-0.4, -0.2) is 33.8 Å². The number of aromatic amines is 1. The van der Waals surface area contributed by atoms with Gasteiger partial charge in [-0.1, -0.05) is 23.1 Å². The minimum atomic E-state index is 0.0415. The molecule has 0 atom stereocenters. The van der Waals surface area contributed by atoms with E-state index in [1.807, 2.05) is 24.3 Å². The summed E-state index contributed by atoms with van der Waals surface area (Å²) in [7, 11) is 1.63. The van der Waals surface area contributed by atoms with Gasteiger partial charge in [-0.05, 0) is 36.4 Å². The van der Waals surface area contributed by atoms with E-state index in [2.05, 4.69) is 20.5 Å². The first-order valence-electron chi connectivity index (χ1n) is 6.78. The number of carbonyl (C=O) groups excluding carboxylic acids is 1. The Balaban J connectivity index is 1.56. The van der Waals surface area contributed by atoms with Crippen molar-refractivity contribution in [3.05, 3.63) is 48.3 Å². The number of Topliss-reactive ketones (excluding diaryl/α,β-unsaturated/α-hetero) is 1. The Labute approximate surface area is 141 Å². The average Bonchev–Trinajstić information content (AvgIpc) is 3.25. The first-order chi connectivity index (χ1) is 11.2. The minimum Gasteiger partial charge on any atom is -0.497 e. The molecule has 0 spiro atoms. The molecule has 3 aromatic rings. The average molecular weight is 346 g/mol. The molecule has 3 rings (SSSR count). The van der Waals surface area contributed by atoms with Crippen molar-refractivity contribution in [3.63, 3.8) is 0 Å². The lowest BCUT2D eigenvalue weighted by atomic mass is 10.3. The third-order valence-corrected chi connectivity index (χ3v) is 4.94. The lowest BCUT2D eigenvalue weighted by molar-refractivity contribution is 0.101. The topological polar surface area (TPSA) is 79.9 Å². The van der Waals surface area contributed by atoms with Crippen LogP contribution in [0.25, 0.3) is 0 Å². The monoisotopic (exact) mass is 346 g/mol. The van der Waals surface area contributed by atoms with Crippen LogP contribution in [-0.2, 0) is 0 Å². The first-order valence-corrected chi connectivity index (χ1v) is 8.59. The van der Waals surface area contributed by atoms with Gasteiger partial charge in [0.2, 0.25) is 5.13 Å². The predicted molar refractivity (Wildman–Crippen MR) is 92.0 cm³/mol. The molecular formula is C15H14N4O2S2. The molecule has 23 heavy (non-hydrogen) atoms. The Morgan fingerprint density at radius 3 is 2.83 bits per heavy atom. The largest absolute Gasteiger partial charge is 0.497 e. The van der Waals surface area contributed by atoms with Gasteiger partial charge in [0.25, 0.3) is 0 Å². The van der Waals surface area contributed by atoms with Gasteiger partial charge in [-0.3, -0.25) is 4.79 Å². The molecule has 0 bridgehead atoms. The van der Waals surface area contributed by atoms with E-state index in [0.717, 1.165) is 15.8 Å². The lowest BCUT2D eigenvalue weighted by Gasteiger charge is -2.03. The second-order valence-electron chi connectivity index (χ2n) is 4.52. The van der Waals surface area contributed by atoms with Crippen LogP contribution in [0.5, 0.6) is 5.75 Å². The number of rotatable bonds is 7. The van der Waals surface area contributed by atoms with E-state index < -0.39 is 0 Å². The number of thioether (sulfide) groups is 1. The van der Waals surface area contributed by atoms with Crippen molar-refractivity contribution < 1.29 is 9.53 Å². The summed E-state index contributed by atoms with van der Waals surface area (Å²) in [6.45, 7) is 0. The molecule has 0 saturated heterocycles. The number of H-pyrrole nitrogens is 1. The maximum Gasteiger partial charge on any atom is 0.210 e. The van der Waals surface area contributed by atoms with Gasteiger partial charge in [-0.15, -0.1) is 10.2 Å². The van der Waals surface area contributed by atoms with Crippen LogP contribution in [0.3, 0.4) is 0 Å². The van der Waals surface area contributed by atoms with Crippen LogP contribution in [0.1, 0.15) is 10.5 Å². The molecule has 0 amide bonds. The molecule has 118 valence electrons. The van der Waals surface area contributed by atoms with Crippen LogP contribution in [0.4, 0.5) is 10.8 Å². The number of aromatic nitrogens is 3. The highest BCUT2D eigenvalue weighted by Crippen LogP contribution is 2.28. The Kier molecular flexibility index (Phi) is 4.94. The molecule has 0 aliphatic rings. The van der Waals surface area contributed by atoms with Crippen molar-refractivity contribution in [1.82, 2.24) is 15.2 Å². The highest BCUT2D eigenvalue weighted by Gasteiger charge is 2.10. The molecule has 2 heterocycles. The highest BCUT2D eigenvalue weighted by molar-refractivity contribution is 8.01. The standard InChI is InChI=1S/C15H14N4O2S2/c1-21-11-6-4-10(5-7-11)17-14-18-19-15(23-14)22-9-13(20)12-3-2-8-16-12/h2-8,16H,9H2,1H3,(H,17,18). The summed E-state index contributed by atoms with van der Waals surface area (Å²) in [5, 5.41) is 12.0. The molecule has 0 fully saturated rings. The number of nitrogens with zero attached hydrogens (tertiary/aromatic N) is 2.